The number of nitrogens with zero attached hydrogens (tertiary/aromatic N) is 2. The molecular weight excluding hydrogens is 158 g/mol. The lowest BCUT2D eigenvalue weighted by atomic mass is 10.4. The van der Waals surface area contributed by atoms with Crippen molar-refractivity contribution in [3.8, 4) is 6.07 Å². The molecule has 0 saturated carbocycles. The predicted molar refractivity (Wildman–Crippen MR) is 31.6 cm³/mol. The molecule has 0 aromatic carbocycles. The maximum Gasteiger partial charge on any atom is 0.382 e. The molecule has 0 N–H and O–H groups in total. The molecule has 0 aliphatic heterocycles. The van der Waals surface area contributed by atoms with Crippen LogP contribution in [-0.4, -0.2) is 4.98 Å². The first-order chi connectivity index (χ1) is 4.67. The second-order valence-corrected chi connectivity index (χ2v) is 2.42. The molecule has 0 fully saturated rings. The fourth-order valence-electron chi connectivity index (χ4n) is 0.426. The van der Waals surface area contributed by atoms with Crippen LogP contribution in [0.25, 0.3) is 0 Å². The summed E-state index contributed by atoms with van der Waals surface area (Å²) in [5, 5.41) is 8.89. The molecule has 1 aromatic heterocycles. The number of alkyl halides is 2. The van der Waals surface area contributed by atoms with E-state index in [1.165, 1.54) is 11.6 Å². The zero-order valence-electron chi connectivity index (χ0n) is 4.71. The Morgan fingerprint density at radius 1 is 1.70 bits per heavy atom. The Morgan fingerprint density at radius 3 is 2.80 bits per heavy atom. The van der Waals surface area contributed by atoms with Gasteiger partial charge in [-0.1, -0.05) is 0 Å². The summed E-state index contributed by atoms with van der Waals surface area (Å²) in [4.78, 5) is 3.30. The maximum atomic E-state index is 12.3. The fraction of sp³-hybridized carbons (Fsp3) is 0.200. The van der Waals surface area contributed by atoms with Crippen LogP contribution >= 0.6 is 11.3 Å². The second kappa shape index (κ2) is 2.31. The Bertz CT molecular complexity index is 249. The molecule has 1 aromatic rings. The van der Waals surface area contributed by atoms with Gasteiger partial charge in [-0.2, -0.15) is 14.0 Å². The van der Waals surface area contributed by atoms with Crippen LogP contribution in [0.5, 0.6) is 0 Å². The van der Waals surface area contributed by atoms with Gasteiger partial charge in [0.05, 0.1) is 0 Å². The van der Waals surface area contributed by atoms with E-state index < -0.39 is 10.9 Å². The highest BCUT2D eigenvalue weighted by Gasteiger charge is 2.33. The molecule has 5 heteroatoms. The van der Waals surface area contributed by atoms with E-state index in [-0.39, 0.29) is 0 Å². The summed E-state index contributed by atoms with van der Waals surface area (Å²) < 4.78 is 24.6. The van der Waals surface area contributed by atoms with E-state index >= 15 is 0 Å². The summed E-state index contributed by atoms with van der Waals surface area (Å²) in [6, 6.07) is 0.858. The smallest absolute Gasteiger partial charge is 0.242 e. The summed E-state index contributed by atoms with van der Waals surface area (Å²) in [6.07, 6.45) is 1.24. The number of rotatable bonds is 1. The summed E-state index contributed by atoms with van der Waals surface area (Å²) >= 11 is 0.771. The van der Waals surface area contributed by atoms with Gasteiger partial charge in [0.25, 0.3) is 0 Å². The molecular formula is C5H2F2N2S. The highest BCUT2D eigenvalue weighted by atomic mass is 32.1. The van der Waals surface area contributed by atoms with Gasteiger partial charge in [0.1, 0.15) is 6.07 Å². The summed E-state index contributed by atoms with van der Waals surface area (Å²) in [7, 11) is 0. The van der Waals surface area contributed by atoms with Crippen LogP contribution in [0.2, 0.25) is 0 Å². The third-order valence-corrected chi connectivity index (χ3v) is 1.68. The van der Waals surface area contributed by atoms with Crippen LogP contribution in [0.15, 0.2) is 11.6 Å². The summed E-state index contributed by atoms with van der Waals surface area (Å²) in [5.74, 6) is -3.42. The Kier molecular flexibility index (Phi) is 1.64. The predicted octanol–water partition coefficient (Wildman–Crippen LogP) is 1.76. The van der Waals surface area contributed by atoms with Gasteiger partial charge in [0, 0.05) is 11.6 Å². The van der Waals surface area contributed by atoms with Crippen molar-refractivity contribution < 1.29 is 8.78 Å². The minimum absolute atomic E-state index is 0.449. The first-order valence-electron chi connectivity index (χ1n) is 2.36. The van der Waals surface area contributed by atoms with Crippen LogP contribution in [0.1, 0.15) is 5.01 Å². The minimum atomic E-state index is -3.42. The van der Waals surface area contributed by atoms with Gasteiger partial charge in [-0.25, -0.2) is 4.98 Å². The highest BCUT2D eigenvalue weighted by molar-refractivity contribution is 7.09. The first kappa shape index (κ1) is 7.09. The van der Waals surface area contributed by atoms with E-state index in [2.05, 4.69) is 4.98 Å². The topological polar surface area (TPSA) is 36.7 Å². The second-order valence-electron chi connectivity index (χ2n) is 1.52. The van der Waals surface area contributed by atoms with Crippen LogP contribution in [0.3, 0.4) is 0 Å². The molecule has 0 saturated heterocycles. The molecule has 0 aliphatic carbocycles. The average Bonchev–Trinajstić information content (AvgIpc) is 2.38. The summed E-state index contributed by atoms with van der Waals surface area (Å²) in [6.45, 7) is 0. The van der Waals surface area contributed by atoms with E-state index in [9.17, 15) is 8.78 Å². The number of nitriles is 1. The standard InChI is InChI=1S/C5H2F2N2S/c6-5(7,3-8)4-9-1-2-10-4/h1-2H. The molecule has 0 aliphatic rings. The zero-order chi connectivity index (χ0) is 7.61. The number of hydrogen-bond donors (Lipinski definition) is 0. The molecule has 0 spiro atoms. The number of aromatic nitrogens is 1. The normalized spacial score (nSPS) is 10.9. The fourth-order valence-corrected chi connectivity index (χ4v) is 0.992. The minimum Gasteiger partial charge on any atom is -0.242 e. The van der Waals surface area contributed by atoms with Gasteiger partial charge in [0.15, 0.2) is 5.01 Å². The molecule has 1 rings (SSSR count). The van der Waals surface area contributed by atoms with Crippen molar-refractivity contribution >= 4 is 11.3 Å². The molecule has 0 atom stereocenters. The van der Waals surface area contributed by atoms with Crippen molar-refractivity contribution in [3.05, 3.63) is 16.6 Å². The Hall–Kier alpha value is -1.02. The van der Waals surface area contributed by atoms with E-state index in [1.54, 1.807) is 0 Å². The third kappa shape index (κ3) is 1.11. The zero-order valence-corrected chi connectivity index (χ0v) is 5.53. The van der Waals surface area contributed by atoms with Crippen LogP contribution in [0, 0.1) is 11.3 Å². The van der Waals surface area contributed by atoms with Crippen molar-refractivity contribution in [3.63, 3.8) is 0 Å². The Labute approximate surface area is 59.7 Å². The molecule has 1 heterocycles. The maximum absolute atomic E-state index is 12.3. The Balaban J connectivity index is 2.99. The number of halogens is 2. The van der Waals surface area contributed by atoms with Crippen molar-refractivity contribution in [1.29, 1.82) is 5.26 Å². The van der Waals surface area contributed by atoms with E-state index in [4.69, 9.17) is 5.26 Å². The van der Waals surface area contributed by atoms with Gasteiger partial charge in [0.2, 0.25) is 0 Å². The largest absolute Gasteiger partial charge is 0.382 e. The molecule has 0 amide bonds. The molecule has 0 unspecified atom stereocenters. The number of hydrogen-bond acceptors (Lipinski definition) is 3. The van der Waals surface area contributed by atoms with E-state index in [1.807, 2.05) is 0 Å². The van der Waals surface area contributed by atoms with E-state index in [0.29, 0.717) is 0 Å². The Morgan fingerprint density at radius 2 is 2.40 bits per heavy atom. The van der Waals surface area contributed by atoms with Gasteiger partial charge in [-0.15, -0.1) is 11.3 Å². The molecule has 52 valence electrons. The molecule has 2 nitrogen and oxygen atoms in total. The van der Waals surface area contributed by atoms with Crippen LogP contribution < -0.4 is 0 Å². The van der Waals surface area contributed by atoms with Crippen LogP contribution in [-0.2, 0) is 5.92 Å². The highest BCUT2D eigenvalue weighted by Crippen LogP contribution is 2.27. The average molecular weight is 160 g/mol. The first-order valence-corrected chi connectivity index (χ1v) is 3.24. The lowest BCUT2D eigenvalue weighted by molar-refractivity contribution is 0.0610. The van der Waals surface area contributed by atoms with Crippen molar-refractivity contribution in [2.45, 2.75) is 5.92 Å². The van der Waals surface area contributed by atoms with Crippen LogP contribution in [0.4, 0.5) is 8.78 Å². The van der Waals surface area contributed by atoms with Crippen molar-refractivity contribution in [2.75, 3.05) is 0 Å². The van der Waals surface area contributed by atoms with E-state index in [0.717, 1.165) is 17.4 Å². The monoisotopic (exact) mass is 160 g/mol. The molecule has 10 heavy (non-hydrogen) atoms. The lowest BCUT2D eigenvalue weighted by Crippen LogP contribution is -2.08. The summed E-state index contributed by atoms with van der Waals surface area (Å²) in [5.41, 5.74) is 0. The van der Waals surface area contributed by atoms with Gasteiger partial charge in [-0.3, -0.25) is 0 Å². The van der Waals surface area contributed by atoms with Crippen molar-refractivity contribution in [2.24, 2.45) is 0 Å². The molecule has 0 radical (unpaired) electrons. The van der Waals surface area contributed by atoms with Crippen molar-refractivity contribution in [1.82, 2.24) is 4.98 Å². The van der Waals surface area contributed by atoms with Gasteiger partial charge < -0.3 is 0 Å². The van der Waals surface area contributed by atoms with Gasteiger partial charge >= 0.3 is 5.92 Å². The number of thiazole rings is 1. The lowest BCUT2D eigenvalue weighted by Gasteiger charge is -1.99. The molecule has 0 bridgehead atoms. The van der Waals surface area contributed by atoms with Gasteiger partial charge in [-0.05, 0) is 0 Å². The quantitative estimate of drug-likeness (QED) is 0.627. The SMILES string of the molecule is N#CC(F)(F)c1nccs1. The third-order valence-electron chi connectivity index (χ3n) is 0.841.